The second kappa shape index (κ2) is 15.7. The number of aliphatic hydroxyl groups is 2. The number of rotatable bonds is 2. The molecular weight excluding hydrogens is 176 g/mol. The zero-order chi connectivity index (χ0) is 6.83. The monoisotopic (exact) mass is 184 g/mol. The molecule has 0 aliphatic carbocycles. The van der Waals surface area contributed by atoms with Crippen molar-refractivity contribution in [2.75, 3.05) is 18.5 Å². The minimum absolute atomic E-state index is 0.125. The summed E-state index contributed by atoms with van der Waals surface area (Å²) in [4.78, 5) is 9.13. The number of carbonyl (C=O) groups is 1. The molecule has 0 saturated carbocycles. The number of carbonyl (C=O) groups excluding carboxylic acids is 1. The van der Waals surface area contributed by atoms with E-state index in [4.69, 9.17) is 15.0 Å². The number of hydrogen-bond donors (Lipinski definition) is 2. The highest BCUT2D eigenvalue weighted by Crippen LogP contribution is 1.65. The van der Waals surface area contributed by atoms with Crippen molar-refractivity contribution in [2.24, 2.45) is 0 Å². The lowest BCUT2D eigenvalue weighted by atomic mass is 10.8. The molecule has 0 aliphatic rings. The molecule has 0 atom stereocenters. The molecule has 4 heteroatoms. The molecule has 0 aromatic heterocycles. The van der Waals surface area contributed by atoms with Crippen LogP contribution in [-0.4, -0.2) is 35.0 Å². The molecule has 0 rings (SSSR count). The summed E-state index contributed by atoms with van der Waals surface area (Å²) in [5.74, 6) is 0. The molecule has 0 unspecified atom stereocenters. The van der Waals surface area contributed by atoms with Gasteiger partial charge in [-0.25, -0.2) is 0 Å². The average molecular weight is 185 g/mol. The van der Waals surface area contributed by atoms with Gasteiger partial charge in [-0.15, -0.1) is 0 Å². The highest BCUT2D eigenvalue weighted by Gasteiger charge is 1.58. The molecule has 0 amide bonds. The van der Waals surface area contributed by atoms with Crippen molar-refractivity contribution in [2.45, 2.75) is 0 Å². The van der Waals surface area contributed by atoms with E-state index in [-0.39, 0.29) is 13.2 Å². The van der Waals surface area contributed by atoms with Crippen molar-refractivity contribution in [3.63, 3.8) is 0 Å². The van der Waals surface area contributed by atoms with E-state index < -0.39 is 0 Å². The van der Waals surface area contributed by atoms with Crippen LogP contribution >= 0.6 is 15.9 Å². The maximum atomic E-state index is 9.13. The molecule has 0 saturated heterocycles. The van der Waals surface area contributed by atoms with E-state index in [1.807, 2.05) is 0 Å². The van der Waals surface area contributed by atoms with Gasteiger partial charge in [0.25, 0.3) is 0 Å². The molecule has 8 heavy (non-hydrogen) atoms. The van der Waals surface area contributed by atoms with Crippen molar-refractivity contribution >= 4 is 22.2 Å². The second-order valence-electron chi connectivity index (χ2n) is 0.768. The van der Waals surface area contributed by atoms with E-state index in [0.29, 0.717) is 5.33 Å². The first-order chi connectivity index (χ1) is 3.83. The highest BCUT2D eigenvalue weighted by atomic mass is 79.9. The second-order valence-corrected chi connectivity index (χ2v) is 1.42. The van der Waals surface area contributed by atoms with Crippen molar-refractivity contribution in [3.8, 4) is 0 Å². The molecule has 2 N–H and O–H groups in total. The van der Waals surface area contributed by atoms with Crippen LogP contribution in [0, 0.1) is 0 Å². The standard InChI is InChI=1S/C2H3BrO.C2H6O2/c2*3-1-2-4/h2H,1H2;3-4H,1-2H2. The van der Waals surface area contributed by atoms with Gasteiger partial charge in [0.2, 0.25) is 0 Å². The largest absolute Gasteiger partial charge is 0.394 e. The molecule has 0 aromatic carbocycles. The maximum Gasteiger partial charge on any atom is 0.130 e. The van der Waals surface area contributed by atoms with Gasteiger partial charge in [-0.3, -0.25) is 0 Å². The van der Waals surface area contributed by atoms with Gasteiger partial charge in [-0.1, -0.05) is 15.9 Å². The fraction of sp³-hybridized carbons (Fsp3) is 0.750. The lowest BCUT2D eigenvalue weighted by Crippen LogP contribution is -1.85. The third-order valence-corrected chi connectivity index (χ3v) is 0.427. The Morgan fingerprint density at radius 2 is 1.62 bits per heavy atom. The summed E-state index contributed by atoms with van der Waals surface area (Å²) in [5.41, 5.74) is 0. The fourth-order valence-corrected chi connectivity index (χ4v) is 0. The Hall–Kier alpha value is 0.0700. The van der Waals surface area contributed by atoms with Crippen molar-refractivity contribution in [1.82, 2.24) is 0 Å². The smallest absolute Gasteiger partial charge is 0.130 e. The van der Waals surface area contributed by atoms with E-state index in [0.717, 1.165) is 6.29 Å². The Morgan fingerprint density at radius 1 is 1.38 bits per heavy atom. The maximum absolute atomic E-state index is 9.13. The first kappa shape index (κ1) is 10.9. The van der Waals surface area contributed by atoms with Crippen LogP contribution in [0.5, 0.6) is 0 Å². The van der Waals surface area contributed by atoms with Gasteiger partial charge in [0.05, 0.1) is 18.5 Å². The number of aldehydes is 1. The normalized spacial score (nSPS) is 6.88. The van der Waals surface area contributed by atoms with Crippen molar-refractivity contribution in [1.29, 1.82) is 0 Å². The topological polar surface area (TPSA) is 57.5 Å². The Labute approximate surface area is 56.5 Å². The van der Waals surface area contributed by atoms with Crippen LogP contribution in [0.15, 0.2) is 0 Å². The molecule has 0 spiro atoms. The van der Waals surface area contributed by atoms with Crippen LogP contribution < -0.4 is 0 Å². The van der Waals surface area contributed by atoms with Crippen LogP contribution in [0.1, 0.15) is 0 Å². The zero-order valence-corrected chi connectivity index (χ0v) is 5.97. The van der Waals surface area contributed by atoms with Gasteiger partial charge >= 0.3 is 0 Å². The molecule has 0 aliphatic heterocycles. The third-order valence-electron chi connectivity index (χ3n) is 0.163. The minimum Gasteiger partial charge on any atom is -0.394 e. The van der Waals surface area contributed by atoms with Crippen molar-refractivity contribution < 1.29 is 15.0 Å². The van der Waals surface area contributed by atoms with Crippen LogP contribution in [0.2, 0.25) is 0 Å². The minimum atomic E-state index is -0.125. The van der Waals surface area contributed by atoms with E-state index in [1.54, 1.807) is 0 Å². The molecule has 50 valence electrons. The summed E-state index contributed by atoms with van der Waals surface area (Å²) in [6.07, 6.45) is 0.792. The highest BCUT2D eigenvalue weighted by molar-refractivity contribution is 9.09. The summed E-state index contributed by atoms with van der Waals surface area (Å²) < 4.78 is 0. The number of halogens is 1. The van der Waals surface area contributed by atoms with E-state index in [2.05, 4.69) is 15.9 Å². The predicted octanol–water partition coefficient (Wildman–Crippen LogP) is -0.449. The van der Waals surface area contributed by atoms with Crippen LogP contribution in [0.25, 0.3) is 0 Å². The van der Waals surface area contributed by atoms with Crippen LogP contribution in [0.3, 0.4) is 0 Å². The summed E-state index contributed by atoms with van der Waals surface area (Å²) in [5, 5.41) is 15.7. The predicted molar refractivity (Wildman–Crippen MR) is 34.0 cm³/mol. The number of alkyl halides is 1. The van der Waals surface area contributed by atoms with Crippen LogP contribution in [-0.2, 0) is 4.79 Å². The molecular formula is C4H9BrO3. The molecule has 0 heterocycles. The summed E-state index contributed by atoms with van der Waals surface area (Å²) in [6.45, 7) is -0.250. The lowest BCUT2D eigenvalue weighted by Gasteiger charge is -1.70. The Kier molecular flexibility index (Phi) is 21.5. The Bertz CT molecular complexity index is 38.3. The van der Waals surface area contributed by atoms with E-state index in [1.165, 1.54) is 0 Å². The summed E-state index contributed by atoms with van der Waals surface area (Å²) in [7, 11) is 0. The third kappa shape index (κ3) is 36.4. The van der Waals surface area contributed by atoms with Gasteiger partial charge in [-0.2, -0.15) is 0 Å². The Morgan fingerprint density at radius 3 is 1.62 bits per heavy atom. The summed E-state index contributed by atoms with van der Waals surface area (Å²) in [6, 6.07) is 0. The van der Waals surface area contributed by atoms with Crippen molar-refractivity contribution in [3.05, 3.63) is 0 Å². The first-order valence-corrected chi connectivity index (χ1v) is 3.17. The van der Waals surface area contributed by atoms with Gasteiger partial charge in [-0.05, 0) is 0 Å². The molecule has 0 fully saturated rings. The SMILES string of the molecule is O=CCBr.OCCO. The molecule has 3 nitrogen and oxygen atoms in total. The van der Waals surface area contributed by atoms with Gasteiger partial charge < -0.3 is 15.0 Å². The fourth-order valence-electron chi connectivity index (χ4n) is 0. The first-order valence-electron chi connectivity index (χ1n) is 2.04. The number of hydrogen-bond acceptors (Lipinski definition) is 3. The quantitative estimate of drug-likeness (QED) is 0.452. The van der Waals surface area contributed by atoms with Gasteiger partial charge in [0, 0.05) is 0 Å². The molecule has 0 aromatic rings. The van der Waals surface area contributed by atoms with E-state index in [9.17, 15) is 0 Å². The van der Waals surface area contributed by atoms with Gasteiger partial charge in [0.15, 0.2) is 0 Å². The molecule has 0 bridgehead atoms. The average Bonchev–Trinajstić information content (AvgIpc) is 1.88. The van der Waals surface area contributed by atoms with Crippen LogP contribution in [0.4, 0.5) is 0 Å². The Balaban J connectivity index is 0. The summed E-state index contributed by atoms with van der Waals surface area (Å²) >= 11 is 2.88. The van der Waals surface area contributed by atoms with Gasteiger partial charge in [0.1, 0.15) is 6.29 Å². The molecule has 0 radical (unpaired) electrons. The van der Waals surface area contributed by atoms with E-state index >= 15 is 0 Å². The zero-order valence-electron chi connectivity index (χ0n) is 4.38. The number of aliphatic hydroxyl groups excluding tert-OH is 2. The lowest BCUT2D eigenvalue weighted by molar-refractivity contribution is -0.105.